The molecule has 0 radical (unpaired) electrons. The van der Waals surface area contributed by atoms with Gasteiger partial charge in [0.25, 0.3) is 0 Å². The molecule has 0 saturated heterocycles. The smallest absolute Gasteiger partial charge is 0.249 e. The van der Waals surface area contributed by atoms with E-state index in [2.05, 4.69) is 26.2 Å². The molecule has 1 heterocycles. The highest BCUT2D eigenvalue weighted by atomic mass is 79.9. The number of carbonyl (C=O) groups is 1. The maximum atomic E-state index is 11.7. The molecule has 0 spiro atoms. The Labute approximate surface area is 131 Å². The number of halogens is 1. The molecule has 3 rings (SSSR count). The molecule has 4 nitrogen and oxygen atoms in total. The zero-order valence-electron chi connectivity index (χ0n) is 11.5. The number of aryl methyl sites for hydroxylation is 1. The van der Waals surface area contributed by atoms with Gasteiger partial charge < -0.3 is 11.1 Å². The number of nitrogens with zero attached hydrogens (tertiary/aromatic N) is 1. The van der Waals surface area contributed by atoms with Crippen molar-refractivity contribution in [3.63, 3.8) is 0 Å². The zero-order chi connectivity index (χ0) is 14.8. The third-order valence-corrected chi connectivity index (χ3v) is 4.21. The first-order valence-electron chi connectivity index (χ1n) is 6.98. The predicted molar refractivity (Wildman–Crippen MR) is 86.8 cm³/mol. The number of nitrogens with one attached hydrogen (secondary N) is 1. The van der Waals surface area contributed by atoms with Gasteiger partial charge in [0.2, 0.25) is 5.91 Å². The number of hydrogen-bond acceptors (Lipinski definition) is 3. The van der Waals surface area contributed by atoms with Crippen LogP contribution in [-0.2, 0) is 12.8 Å². The fourth-order valence-corrected chi connectivity index (χ4v) is 2.93. The molecule has 0 fully saturated rings. The van der Waals surface area contributed by atoms with E-state index >= 15 is 0 Å². The molecule has 108 valence electrons. The number of pyridine rings is 1. The quantitative estimate of drug-likeness (QED) is 0.893. The van der Waals surface area contributed by atoms with Gasteiger partial charge in [0.15, 0.2) is 0 Å². The monoisotopic (exact) mass is 345 g/mol. The van der Waals surface area contributed by atoms with Crippen molar-refractivity contribution < 1.29 is 4.79 Å². The minimum absolute atomic E-state index is 0.380. The van der Waals surface area contributed by atoms with Crippen LogP contribution >= 0.6 is 15.9 Å². The Hall–Kier alpha value is -1.88. The van der Waals surface area contributed by atoms with Gasteiger partial charge in [-0.25, -0.2) is 4.98 Å². The van der Waals surface area contributed by atoms with Gasteiger partial charge in [-0.15, -0.1) is 0 Å². The van der Waals surface area contributed by atoms with E-state index in [-0.39, 0.29) is 5.91 Å². The van der Waals surface area contributed by atoms with Gasteiger partial charge in [0.05, 0.1) is 0 Å². The number of rotatable bonds is 3. The maximum Gasteiger partial charge on any atom is 0.249 e. The Morgan fingerprint density at radius 2 is 1.90 bits per heavy atom. The Morgan fingerprint density at radius 3 is 2.62 bits per heavy atom. The fraction of sp³-hybridized carbons (Fsp3) is 0.250. The molecule has 1 aliphatic carbocycles. The average molecular weight is 346 g/mol. The Bertz CT molecular complexity index is 683. The van der Waals surface area contributed by atoms with Crippen molar-refractivity contribution in [1.82, 2.24) is 4.98 Å². The molecule has 3 N–H and O–H groups in total. The van der Waals surface area contributed by atoms with Crippen LogP contribution in [0.2, 0.25) is 0 Å². The highest BCUT2D eigenvalue weighted by Crippen LogP contribution is 2.27. The molecule has 2 aromatic rings. The first-order chi connectivity index (χ1) is 10.1. The van der Waals surface area contributed by atoms with Gasteiger partial charge in [-0.1, -0.05) is 15.9 Å². The first kappa shape index (κ1) is 14.1. The summed E-state index contributed by atoms with van der Waals surface area (Å²) in [6.07, 6.45) is 4.00. The summed E-state index contributed by atoms with van der Waals surface area (Å²) in [5, 5.41) is 3.24. The number of aromatic nitrogens is 1. The molecule has 0 bridgehead atoms. The summed E-state index contributed by atoms with van der Waals surface area (Å²) >= 11 is 3.41. The fourth-order valence-electron chi connectivity index (χ4n) is 2.67. The standard InChI is InChI=1S/C16H16BrN3O/c17-10-5-7-11(8-6-10)19-15-9-13(16(18)21)12-3-1-2-4-14(12)20-15/h5-9H,1-4H2,(H2,18,21)(H,19,20). The second kappa shape index (κ2) is 5.85. The number of nitrogens with two attached hydrogens (primary N) is 1. The molecule has 0 unspecified atom stereocenters. The van der Waals surface area contributed by atoms with Crippen molar-refractivity contribution in [2.75, 3.05) is 5.32 Å². The number of anilines is 2. The van der Waals surface area contributed by atoms with Crippen LogP contribution in [0, 0.1) is 0 Å². The number of hydrogen-bond donors (Lipinski definition) is 2. The van der Waals surface area contributed by atoms with E-state index in [1.54, 1.807) is 6.07 Å². The highest BCUT2D eigenvalue weighted by molar-refractivity contribution is 9.10. The largest absolute Gasteiger partial charge is 0.366 e. The third-order valence-electron chi connectivity index (χ3n) is 3.68. The van der Waals surface area contributed by atoms with Crippen molar-refractivity contribution in [3.05, 3.63) is 51.6 Å². The molecule has 5 heteroatoms. The van der Waals surface area contributed by atoms with Crippen molar-refractivity contribution >= 4 is 33.3 Å². The molecule has 0 aliphatic heterocycles. The van der Waals surface area contributed by atoms with E-state index in [1.807, 2.05) is 24.3 Å². The van der Waals surface area contributed by atoms with Crippen LogP contribution in [0.1, 0.15) is 34.5 Å². The SMILES string of the molecule is NC(=O)c1cc(Nc2ccc(Br)cc2)nc2c1CCCC2. The van der Waals surface area contributed by atoms with Crippen molar-refractivity contribution in [3.8, 4) is 0 Å². The van der Waals surface area contributed by atoms with Gasteiger partial charge in [0.1, 0.15) is 5.82 Å². The van der Waals surface area contributed by atoms with Crippen LogP contribution in [0.5, 0.6) is 0 Å². The minimum atomic E-state index is -0.380. The van der Waals surface area contributed by atoms with Crippen molar-refractivity contribution in [1.29, 1.82) is 0 Å². The van der Waals surface area contributed by atoms with Crippen LogP contribution in [0.25, 0.3) is 0 Å². The molecule has 0 saturated carbocycles. The predicted octanol–water partition coefficient (Wildman–Crippen LogP) is 3.57. The number of primary amides is 1. The van der Waals surface area contributed by atoms with Gasteiger partial charge in [-0.05, 0) is 61.6 Å². The van der Waals surface area contributed by atoms with Crippen molar-refractivity contribution in [2.45, 2.75) is 25.7 Å². The Kier molecular flexibility index (Phi) is 3.92. The summed E-state index contributed by atoms with van der Waals surface area (Å²) in [4.78, 5) is 16.3. The van der Waals surface area contributed by atoms with Gasteiger partial charge >= 0.3 is 0 Å². The topological polar surface area (TPSA) is 68.0 Å². The summed E-state index contributed by atoms with van der Waals surface area (Å²) in [5.41, 5.74) is 9.06. The highest BCUT2D eigenvalue weighted by Gasteiger charge is 2.19. The lowest BCUT2D eigenvalue weighted by molar-refractivity contribution is 0.0999. The molecular formula is C16H16BrN3O. The summed E-state index contributed by atoms with van der Waals surface area (Å²) in [6.45, 7) is 0. The number of benzene rings is 1. The first-order valence-corrected chi connectivity index (χ1v) is 7.78. The lowest BCUT2D eigenvalue weighted by atomic mass is 9.92. The Balaban J connectivity index is 1.97. The van der Waals surface area contributed by atoms with Crippen molar-refractivity contribution in [2.24, 2.45) is 5.73 Å². The molecule has 1 aromatic heterocycles. The number of carbonyl (C=O) groups excluding carboxylic acids is 1. The van der Waals surface area contributed by atoms with E-state index in [1.165, 1.54) is 0 Å². The lowest BCUT2D eigenvalue weighted by Crippen LogP contribution is -2.19. The van der Waals surface area contributed by atoms with E-state index in [4.69, 9.17) is 5.73 Å². The maximum absolute atomic E-state index is 11.7. The number of fused-ring (bicyclic) bond motifs is 1. The van der Waals surface area contributed by atoms with Crippen LogP contribution in [0.3, 0.4) is 0 Å². The van der Waals surface area contributed by atoms with E-state index in [0.29, 0.717) is 11.4 Å². The third kappa shape index (κ3) is 3.08. The molecule has 21 heavy (non-hydrogen) atoms. The molecule has 1 aliphatic rings. The summed E-state index contributed by atoms with van der Waals surface area (Å²) in [7, 11) is 0. The summed E-state index contributed by atoms with van der Waals surface area (Å²) < 4.78 is 1.02. The average Bonchev–Trinajstić information content (AvgIpc) is 2.48. The molecular weight excluding hydrogens is 330 g/mol. The van der Waals surface area contributed by atoms with Gasteiger partial charge in [-0.3, -0.25) is 4.79 Å². The van der Waals surface area contributed by atoms with Crippen LogP contribution in [0.15, 0.2) is 34.8 Å². The zero-order valence-corrected chi connectivity index (χ0v) is 13.1. The minimum Gasteiger partial charge on any atom is -0.366 e. The van der Waals surface area contributed by atoms with Gasteiger partial charge in [0, 0.05) is 21.4 Å². The van der Waals surface area contributed by atoms with Crippen LogP contribution < -0.4 is 11.1 Å². The molecule has 1 amide bonds. The Morgan fingerprint density at radius 1 is 1.19 bits per heavy atom. The van der Waals surface area contributed by atoms with Crippen LogP contribution in [-0.4, -0.2) is 10.9 Å². The summed E-state index contributed by atoms with van der Waals surface area (Å²) in [5.74, 6) is 0.293. The second-order valence-electron chi connectivity index (χ2n) is 5.18. The van der Waals surface area contributed by atoms with E-state index < -0.39 is 0 Å². The van der Waals surface area contributed by atoms with E-state index in [9.17, 15) is 4.79 Å². The molecule has 1 aromatic carbocycles. The number of amides is 1. The van der Waals surface area contributed by atoms with Gasteiger partial charge in [-0.2, -0.15) is 0 Å². The molecule has 0 atom stereocenters. The van der Waals surface area contributed by atoms with Crippen LogP contribution in [0.4, 0.5) is 11.5 Å². The van der Waals surface area contributed by atoms with E-state index in [0.717, 1.165) is 47.1 Å². The summed E-state index contributed by atoms with van der Waals surface area (Å²) in [6, 6.07) is 9.57. The second-order valence-corrected chi connectivity index (χ2v) is 6.10. The normalized spacial score (nSPS) is 13.6. The lowest BCUT2D eigenvalue weighted by Gasteiger charge is -2.19.